The molecule has 1 aliphatic heterocycles. The molecule has 76 valence electrons. The van der Waals surface area contributed by atoms with Crippen molar-refractivity contribution >= 4 is 5.97 Å². The minimum atomic E-state index is -4.37. The molecule has 1 rings (SSSR count). The van der Waals surface area contributed by atoms with E-state index in [2.05, 4.69) is 4.74 Å². The van der Waals surface area contributed by atoms with Gasteiger partial charge in [-0.2, -0.15) is 13.2 Å². The highest BCUT2D eigenvalue weighted by atomic mass is 19.4. The first-order valence-corrected chi connectivity index (χ1v) is 3.79. The second-order valence-corrected chi connectivity index (χ2v) is 3.06. The van der Waals surface area contributed by atoms with Crippen LogP contribution in [0.5, 0.6) is 0 Å². The monoisotopic (exact) mass is 198 g/mol. The van der Waals surface area contributed by atoms with E-state index in [-0.39, 0.29) is 19.4 Å². The number of alkyl halides is 3. The van der Waals surface area contributed by atoms with Crippen LogP contribution < -0.4 is 0 Å². The van der Waals surface area contributed by atoms with Crippen molar-refractivity contribution in [3.05, 3.63) is 0 Å². The van der Waals surface area contributed by atoms with Crippen LogP contribution in [0.2, 0.25) is 0 Å². The summed E-state index contributed by atoms with van der Waals surface area (Å²) in [6.07, 6.45) is -6.65. The highest BCUT2D eigenvalue weighted by molar-refractivity contribution is 5.67. The van der Waals surface area contributed by atoms with Gasteiger partial charge < -0.3 is 9.84 Å². The number of carboxylic acid groups (broad SMARTS) is 1. The van der Waals surface area contributed by atoms with Crippen molar-refractivity contribution in [1.82, 2.24) is 0 Å². The molecule has 1 heterocycles. The largest absolute Gasteiger partial charge is 0.481 e. The molecular formula is C7H9F3O3. The van der Waals surface area contributed by atoms with Crippen molar-refractivity contribution in [2.24, 2.45) is 5.92 Å². The summed E-state index contributed by atoms with van der Waals surface area (Å²) in [5.74, 6) is -1.60. The fourth-order valence-corrected chi connectivity index (χ4v) is 1.31. The van der Waals surface area contributed by atoms with E-state index in [1.807, 2.05) is 0 Å². The fourth-order valence-electron chi connectivity index (χ4n) is 1.31. The first kappa shape index (κ1) is 10.3. The molecule has 0 unspecified atom stereocenters. The molecule has 3 nitrogen and oxygen atoms in total. The molecule has 0 aliphatic carbocycles. The summed E-state index contributed by atoms with van der Waals surface area (Å²) in [6, 6.07) is 0. The summed E-state index contributed by atoms with van der Waals surface area (Å²) in [6.45, 7) is -0.115. The SMILES string of the molecule is O=C(O)C[C@@H]1CO[C@H](C(F)(F)F)C1. The number of ether oxygens (including phenoxy) is 1. The van der Waals surface area contributed by atoms with Gasteiger partial charge in [0.25, 0.3) is 0 Å². The Morgan fingerprint density at radius 3 is 2.54 bits per heavy atom. The summed E-state index contributed by atoms with van der Waals surface area (Å²) >= 11 is 0. The lowest BCUT2D eigenvalue weighted by Gasteiger charge is -2.12. The van der Waals surface area contributed by atoms with Gasteiger partial charge in [0, 0.05) is 0 Å². The standard InChI is InChI=1S/C7H9F3O3/c8-7(9,10)5-1-4(3-13-5)2-6(11)12/h4-5H,1-3H2,(H,11,12)/t4-,5+/m1/s1. The van der Waals surface area contributed by atoms with Crippen LogP contribution in [0.3, 0.4) is 0 Å². The number of halogens is 3. The highest BCUT2D eigenvalue weighted by Gasteiger charge is 2.45. The Kier molecular flexibility index (Phi) is 2.80. The minimum absolute atomic E-state index is 0.115. The Hall–Kier alpha value is -0.780. The van der Waals surface area contributed by atoms with Gasteiger partial charge in [-0.25, -0.2) is 0 Å². The van der Waals surface area contributed by atoms with Gasteiger partial charge in [0.15, 0.2) is 6.10 Å². The van der Waals surface area contributed by atoms with Gasteiger partial charge in [0.2, 0.25) is 0 Å². The predicted octanol–water partition coefficient (Wildman–Crippen LogP) is 1.43. The van der Waals surface area contributed by atoms with Crippen molar-refractivity contribution < 1.29 is 27.8 Å². The van der Waals surface area contributed by atoms with Crippen LogP contribution >= 0.6 is 0 Å². The second kappa shape index (κ2) is 3.53. The number of rotatable bonds is 2. The van der Waals surface area contributed by atoms with Crippen LogP contribution in [-0.4, -0.2) is 30.0 Å². The second-order valence-electron chi connectivity index (χ2n) is 3.06. The molecule has 6 heteroatoms. The zero-order valence-corrected chi connectivity index (χ0v) is 6.67. The number of aliphatic carboxylic acids is 1. The molecule has 1 saturated heterocycles. The smallest absolute Gasteiger partial charge is 0.414 e. The van der Waals surface area contributed by atoms with Crippen molar-refractivity contribution in [3.8, 4) is 0 Å². The van der Waals surface area contributed by atoms with Crippen LogP contribution in [0.25, 0.3) is 0 Å². The van der Waals surface area contributed by atoms with Gasteiger partial charge in [0.05, 0.1) is 13.0 Å². The first-order valence-electron chi connectivity index (χ1n) is 3.79. The zero-order chi connectivity index (χ0) is 10.1. The van der Waals surface area contributed by atoms with Gasteiger partial charge in [-0.3, -0.25) is 4.79 Å². The topological polar surface area (TPSA) is 46.5 Å². The van der Waals surface area contributed by atoms with E-state index in [4.69, 9.17) is 5.11 Å². The molecule has 1 fully saturated rings. The molecule has 0 radical (unpaired) electrons. The number of carbonyl (C=O) groups is 1. The third-order valence-corrected chi connectivity index (χ3v) is 1.91. The van der Waals surface area contributed by atoms with Crippen molar-refractivity contribution in [3.63, 3.8) is 0 Å². The Bertz CT molecular complexity index is 202. The van der Waals surface area contributed by atoms with E-state index in [1.54, 1.807) is 0 Å². The van der Waals surface area contributed by atoms with Crippen molar-refractivity contribution in [1.29, 1.82) is 0 Å². The van der Waals surface area contributed by atoms with Gasteiger partial charge >= 0.3 is 12.1 Å². The maximum Gasteiger partial charge on any atom is 0.414 e. The molecule has 1 aliphatic rings. The van der Waals surface area contributed by atoms with Crippen LogP contribution in [0, 0.1) is 5.92 Å². The average molecular weight is 198 g/mol. The van der Waals surface area contributed by atoms with Crippen molar-refractivity contribution in [2.45, 2.75) is 25.1 Å². The number of hydrogen-bond acceptors (Lipinski definition) is 2. The summed E-state index contributed by atoms with van der Waals surface area (Å²) in [5, 5.41) is 8.33. The van der Waals surface area contributed by atoms with Crippen LogP contribution in [0.15, 0.2) is 0 Å². The third-order valence-electron chi connectivity index (χ3n) is 1.91. The lowest BCUT2D eigenvalue weighted by Crippen LogP contribution is -2.27. The molecule has 0 aromatic carbocycles. The quantitative estimate of drug-likeness (QED) is 0.730. The van der Waals surface area contributed by atoms with Crippen molar-refractivity contribution in [2.75, 3.05) is 6.61 Å². The van der Waals surface area contributed by atoms with E-state index in [9.17, 15) is 18.0 Å². The van der Waals surface area contributed by atoms with Crippen LogP contribution in [0.1, 0.15) is 12.8 Å². The average Bonchev–Trinajstić information content (AvgIpc) is 2.32. The lowest BCUT2D eigenvalue weighted by molar-refractivity contribution is -0.206. The molecule has 13 heavy (non-hydrogen) atoms. The summed E-state index contributed by atoms with van der Waals surface area (Å²) in [5.41, 5.74) is 0. The van der Waals surface area contributed by atoms with Gasteiger partial charge in [-0.1, -0.05) is 0 Å². The molecule has 0 bridgehead atoms. The number of carboxylic acids is 1. The molecular weight excluding hydrogens is 189 g/mol. The Morgan fingerprint density at radius 1 is 1.54 bits per heavy atom. The Morgan fingerprint density at radius 2 is 2.15 bits per heavy atom. The predicted molar refractivity (Wildman–Crippen MR) is 36.2 cm³/mol. The Balaban J connectivity index is 2.41. The van der Waals surface area contributed by atoms with Crippen LogP contribution in [-0.2, 0) is 9.53 Å². The Labute approximate surface area is 72.5 Å². The van der Waals surface area contributed by atoms with E-state index < -0.39 is 24.2 Å². The molecule has 0 saturated carbocycles. The normalized spacial score (nSPS) is 29.2. The van der Waals surface area contributed by atoms with Crippen LogP contribution in [0.4, 0.5) is 13.2 Å². The molecule has 0 spiro atoms. The van der Waals surface area contributed by atoms with E-state index in [1.165, 1.54) is 0 Å². The maximum atomic E-state index is 12.0. The minimum Gasteiger partial charge on any atom is -0.481 e. The molecule has 0 aromatic heterocycles. The van der Waals surface area contributed by atoms with Gasteiger partial charge in [0.1, 0.15) is 0 Å². The van der Waals surface area contributed by atoms with Gasteiger partial charge in [-0.15, -0.1) is 0 Å². The molecule has 0 aromatic rings. The lowest BCUT2D eigenvalue weighted by atomic mass is 10.0. The summed E-state index contributed by atoms with van der Waals surface area (Å²) in [7, 11) is 0. The summed E-state index contributed by atoms with van der Waals surface area (Å²) in [4.78, 5) is 10.2. The molecule has 0 amide bonds. The molecule has 2 atom stereocenters. The van der Waals surface area contributed by atoms with E-state index >= 15 is 0 Å². The zero-order valence-electron chi connectivity index (χ0n) is 6.67. The van der Waals surface area contributed by atoms with E-state index in [0.717, 1.165) is 0 Å². The fraction of sp³-hybridized carbons (Fsp3) is 0.857. The summed E-state index contributed by atoms with van der Waals surface area (Å²) < 4.78 is 40.4. The first-order chi connectivity index (χ1) is 5.89. The molecule has 1 N–H and O–H groups in total. The maximum absolute atomic E-state index is 12.0. The van der Waals surface area contributed by atoms with E-state index in [0.29, 0.717) is 0 Å². The number of hydrogen-bond donors (Lipinski definition) is 1. The highest BCUT2D eigenvalue weighted by Crippen LogP contribution is 2.33. The third kappa shape index (κ3) is 2.87. The van der Waals surface area contributed by atoms with Gasteiger partial charge in [-0.05, 0) is 12.3 Å².